The number of hydrogen-bond acceptors (Lipinski definition) is 15. The summed E-state index contributed by atoms with van der Waals surface area (Å²) >= 11 is 26.3. The molecule has 0 aromatic carbocycles. The van der Waals surface area contributed by atoms with Gasteiger partial charge in [0.2, 0.25) is 0 Å². The average molecular weight is 1550 g/mol. The van der Waals surface area contributed by atoms with Gasteiger partial charge >= 0.3 is 41.5 Å². The van der Waals surface area contributed by atoms with Gasteiger partial charge in [-0.25, -0.2) is 0 Å². The molecule has 0 nitrogen and oxygen atoms in total. The van der Waals surface area contributed by atoms with Crippen LogP contribution in [0.2, 0.25) is 0 Å². The summed E-state index contributed by atoms with van der Waals surface area (Å²) in [7, 11) is 14.7. The maximum absolute atomic E-state index is 4.89. The summed E-state index contributed by atoms with van der Waals surface area (Å²) in [5.41, 5.74) is 8.23. The Morgan fingerprint density at radius 3 is 0.708 bits per heavy atom. The molecule has 0 N–H and O–H groups in total. The zero-order chi connectivity index (χ0) is 63.0. The summed E-state index contributed by atoms with van der Waals surface area (Å²) in [6, 6.07) is 52.9. The van der Waals surface area contributed by atoms with Crippen LogP contribution in [0.1, 0.15) is 52.9 Å². The summed E-state index contributed by atoms with van der Waals surface area (Å²) < 4.78 is 0. The third-order valence-corrected chi connectivity index (χ3v) is 29.8. The molecule has 15 heterocycles. The summed E-state index contributed by atoms with van der Waals surface area (Å²) in [6.07, 6.45) is 0. The van der Waals surface area contributed by atoms with Gasteiger partial charge < -0.3 is 0 Å². The topological polar surface area (TPSA) is 0 Å². The van der Waals surface area contributed by atoms with Crippen LogP contribution >= 0.6 is 200 Å². The minimum atomic E-state index is -1.33. The second kappa shape index (κ2) is 34.9. The predicted molar refractivity (Wildman–Crippen MR) is 421 cm³/mol. The fourth-order valence-electron chi connectivity index (χ4n) is 8.25. The molecule has 15 aromatic heterocycles. The molecule has 0 atom stereocenters. The summed E-state index contributed by atoms with van der Waals surface area (Å²) in [5, 5.41) is 17.3. The molecule has 0 fully saturated rings. The quantitative estimate of drug-likeness (QED) is 0.126. The van der Waals surface area contributed by atoms with Gasteiger partial charge in [-0.2, -0.15) is 0 Å². The van der Waals surface area contributed by atoms with Gasteiger partial charge in [-0.05, 0) is 267 Å². The van der Waals surface area contributed by atoms with Crippen molar-refractivity contribution in [2.75, 3.05) is 0 Å². The Bertz CT molecular complexity index is 4230. The Balaban J connectivity index is 0.000000126. The van der Waals surface area contributed by atoms with Gasteiger partial charge in [-0.1, -0.05) is 24.3 Å². The van der Waals surface area contributed by atoms with Crippen molar-refractivity contribution in [3.05, 3.63) is 242 Å². The molecule has 461 valence electrons. The molecule has 0 radical (unpaired) electrons. The second-order valence-corrected chi connectivity index (χ2v) is 41.3. The van der Waals surface area contributed by atoms with Gasteiger partial charge in [0.05, 0.1) is 0 Å². The number of aryl methyl sites for hydroxylation is 10. The van der Waals surface area contributed by atoms with Gasteiger partial charge in [-0.3, -0.25) is 0 Å². The van der Waals surface area contributed by atoms with Crippen LogP contribution in [0, 0.1) is 69.2 Å². The van der Waals surface area contributed by atoms with E-state index in [0.29, 0.717) is 0 Å². The molecule has 0 saturated heterocycles. The average Bonchev–Trinajstić information content (AvgIpc) is 4.53. The SMILES string of the molecule is Cc1ccc(-c2cc(C)c(C)s2)s1.Cc1ccc(-c2ccc(-c3cc(C)c(C)s3)s2)s1.Cc1csc(-c2ccc(-c3cccs3)s2)c1.Cc1csc(-c2ccc(-c3cccs3)s2)c1.Cc1csc(-c2cccs2)c1.Cc1csc(-c2cccs2)c1.[Cl][Fe]([Cl])[Cl]. The molecule has 0 saturated carbocycles. The normalized spacial score (nSPS) is 10.7. The van der Waals surface area contributed by atoms with Crippen LogP contribution < -0.4 is 0 Å². The Kier molecular flexibility index (Phi) is 27.5. The van der Waals surface area contributed by atoms with E-state index in [1.165, 1.54) is 141 Å². The molecule has 15 rings (SSSR count). The van der Waals surface area contributed by atoms with E-state index in [0.717, 1.165) is 0 Å². The van der Waals surface area contributed by atoms with E-state index in [9.17, 15) is 0 Å². The van der Waals surface area contributed by atoms with E-state index in [1.807, 2.05) is 125 Å². The molecule has 0 aliphatic heterocycles. The third-order valence-electron chi connectivity index (χ3n) is 12.8. The summed E-state index contributed by atoms with van der Waals surface area (Å²) in [6.45, 7) is 21.6. The van der Waals surface area contributed by atoms with Crippen molar-refractivity contribution in [3.63, 3.8) is 0 Å². The first-order valence-corrected chi connectivity index (χ1v) is 44.8. The first kappa shape index (κ1) is 70.2. The van der Waals surface area contributed by atoms with Crippen LogP contribution in [0.15, 0.2) is 189 Å². The van der Waals surface area contributed by atoms with Crippen molar-refractivity contribution in [1.82, 2.24) is 0 Å². The van der Waals surface area contributed by atoms with E-state index in [2.05, 4.69) is 258 Å². The first-order valence-electron chi connectivity index (χ1n) is 27.5. The third kappa shape index (κ3) is 21.2. The Labute approximate surface area is 602 Å². The molecule has 19 heteroatoms. The number of thiophene rings is 15. The predicted octanol–water partition coefficient (Wildman–Crippen LogP) is 31.2. The van der Waals surface area contributed by atoms with Crippen molar-refractivity contribution < 1.29 is 11.2 Å². The monoisotopic (exact) mass is 1540 g/mol. The first-order chi connectivity index (χ1) is 42.9. The number of halogens is 3. The maximum atomic E-state index is 4.89. The molecule has 0 amide bonds. The van der Waals surface area contributed by atoms with Crippen LogP contribution in [-0.4, -0.2) is 0 Å². The standard InChI is InChI=1S/C15H14S3.2C13H10S3.C11H12S2.2C9H8S2.3ClH.Fe/c1-9-8-15(17-11(9)3)14-7-6-13(18-14)12-5-4-10(2)16-12;2*1-9-7-13(15-8-9)12-5-4-11(16-12)10-3-2-6-14-10;1-7-6-11(13-9(7)3)10-5-4-8(2)12-10;2*1-7-5-9(11-6-7)8-3-2-4-10-8;;;;/h4-8H,1-3H3;2*2-8H,1H3;4-6H,1-3H3;2*2-6H,1H3;3*1H;/q;;;;;;;;;+3/p-3. The molecule has 0 spiro atoms. The van der Waals surface area contributed by atoms with Crippen LogP contribution in [0.25, 0.3) is 87.8 Å². The van der Waals surface area contributed by atoms with Crippen LogP contribution in [-0.2, 0) is 11.2 Å². The number of hydrogen-bond donors (Lipinski definition) is 0. The van der Waals surface area contributed by atoms with Gasteiger partial charge in [0.15, 0.2) is 0 Å². The van der Waals surface area contributed by atoms with Gasteiger partial charge in [0.1, 0.15) is 0 Å². The molecular formula is C70H62Cl3FeS15. The molecule has 15 aromatic rings. The number of rotatable bonds is 9. The van der Waals surface area contributed by atoms with Gasteiger partial charge in [0, 0.05) is 107 Å². The van der Waals surface area contributed by atoms with E-state index in [1.54, 1.807) is 45.3 Å². The van der Waals surface area contributed by atoms with Crippen molar-refractivity contribution in [3.8, 4) is 87.8 Å². The van der Waals surface area contributed by atoms with Crippen LogP contribution in [0.4, 0.5) is 0 Å². The molecule has 0 unspecified atom stereocenters. The van der Waals surface area contributed by atoms with E-state index in [4.69, 9.17) is 30.3 Å². The van der Waals surface area contributed by atoms with Crippen LogP contribution in [0.3, 0.4) is 0 Å². The summed E-state index contributed by atoms with van der Waals surface area (Å²) in [5.74, 6) is 0. The molecule has 89 heavy (non-hydrogen) atoms. The molecule has 0 aliphatic carbocycles. The van der Waals surface area contributed by atoms with E-state index < -0.39 is 11.2 Å². The van der Waals surface area contributed by atoms with E-state index in [-0.39, 0.29) is 0 Å². The van der Waals surface area contributed by atoms with Crippen molar-refractivity contribution in [2.45, 2.75) is 69.2 Å². The van der Waals surface area contributed by atoms with Crippen molar-refractivity contribution in [1.29, 1.82) is 0 Å². The zero-order valence-corrected chi connectivity index (χ0v) is 65.7. The fraction of sp³-hybridized carbons (Fsp3) is 0.143. The zero-order valence-electron chi connectivity index (χ0n) is 50.1. The Hall–Kier alpha value is -3.11. The fourth-order valence-corrected chi connectivity index (χ4v) is 22.5. The van der Waals surface area contributed by atoms with Crippen LogP contribution in [0.5, 0.6) is 0 Å². The van der Waals surface area contributed by atoms with Gasteiger partial charge in [-0.15, -0.1) is 170 Å². The van der Waals surface area contributed by atoms with Crippen molar-refractivity contribution >= 4 is 200 Å². The van der Waals surface area contributed by atoms with E-state index >= 15 is 0 Å². The summed E-state index contributed by atoms with van der Waals surface area (Å²) in [4.78, 5) is 30.5. The molecular weight excluding hydrogens is 1480 g/mol. The Morgan fingerprint density at radius 2 is 0.472 bits per heavy atom. The molecule has 0 bridgehead atoms. The van der Waals surface area contributed by atoms with Crippen molar-refractivity contribution in [2.24, 2.45) is 0 Å². The molecule has 0 aliphatic rings. The minimum absolute atomic E-state index is 1.33. The second-order valence-electron chi connectivity index (χ2n) is 20.0. The Morgan fingerprint density at radius 1 is 0.236 bits per heavy atom. The van der Waals surface area contributed by atoms with Gasteiger partial charge in [0.25, 0.3) is 0 Å².